The molecule has 21 heavy (non-hydrogen) atoms. The summed E-state index contributed by atoms with van der Waals surface area (Å²) in [6, 6.07) is 13.0. The maximum Gasteiger partial charge on any atom is 0.255 e. The largest absolute Gasteiger partial charge is 0.496 e. The molecule has 2 aromatic carbocycles. The fourth-order valence-corrected chi connectivity index (χ4v) is 2.10. The molecule has 2 N–H and O–H groups in total. The minimum atomic E-state index is -0.123. The van der Waals surface area contributed by atoms with Crippen LogP contribution in [0.4, 0.5) is 11.4 Å². The monoisotopic (exact) mass is 284 g/mol. The van der Waals surface area contributed by atoms with Crippen LogP contribution in [-0.4, -0.2) is 19.6 Å². The number of amides is 1. The summed E-state index contributed by atoms with van der Waals surface area (Å²) in [6.07, 6.45) is 0. The van der Waals surface area contributed by atoms with Crippen molar-refractivity contribution in [3.8, 4) is 5.75 Å². The van der Waals surface area contributed by atoms with Gasteiger partial charge in [-0.1, -0.05) is 0 Å². The first-order chi connectivity index (χ1) is 10.1. The van der Waals surface area contributed by atoms with Gasteiger partial charge in [-0.25, -0.2) is 0 Å². The van der Waals surface area contributed by atoms with E-state index < -0.39 is 0 Å². The number of nitrogens with one attached hydrogen (secondary N) is 2. The first-order valence-corrected chi connectivity index (χ1v) is 6.94. The van der Waals surface area contributed by atoms with Gasteiger partial charge in [-0.3, -0.25) is 4.79 Å². The van der Waals surface area contributed by atoms with Gasteiger partial charge in [0, 0.05) is 23.5 Å². The summed E-state index contributed by atoms with van der Waals surface area (Å²) in [7, 11) is 1.63. The van der Waals surface area contributed by atoms with Crippen LogP contribution in [0.2, 0.25) is 0 Å². The van der Waals surface area contributed by atoms with Gasteiger partial charge in [0.1, 0.15) is 5.75 Å². The molecular formula is C17H20N2O2. The van der Waals surface area contributed by atoms with Crippen molar-refractivity contribution >= 4 is 17.3 Å². The van der Waals surface area contributed by atoms with Crippen LogP contribution in [0, 0.1) is 6.92 Å². The zero-order chi connectivity index (χ0) is 15.2. The number of benzene rings is 2. The molecule has 0 aromatic heterocycles. The van der Waals surface area contributed by atoms with Crippen molar-refractivity contribution < 1.29 is 9.53 Å². The summed E-state index contributed by atoms with van der Waals surface area (Å²) in [4.78, 5) is 12.2. The molecule has 0 atom stereocenters. The standard InChI is InChI=1S/C17H20N2O2/c1-4-18-14-7-5-13(6-8-14)17(20)19-15-9-10-16(21-3)12(2)11-15/h5-11,18H,4H2,1-3H3,(H,19,20). The van der Waals surface area contributed by atoms with E-state index in [9.17, 15) is 4.79 Å². The third-order valence-electron chi connectivity index (χ3n) is 3.18. The van der Waals surface area contributed by atoms with E-state index in [-0.39, 0.29) is 5.91 Å². The highest BCUT2D eigenvalue weighted by molar-refractivity contribution is 6.04. The fraction of sp³-hybridized carbons (Fsp3) is 0.235. The predicted molar refractivity (Wildman–Crippen MR) is 86.3 cm³/mol. The van der Waals surface area contributed by atoms with Gasteiger partial charge in [0.2, 0.25) is 0 Å². The smallest absolute Gasteiger partial charge is 0.255 e. The van der Waals surface area contributed by atoms with Gasteiger partial charge in [0.15, 0.2) is 0 Å². The minimum Gasteiger partial charge on any atom is -0.496 e. The van der Waals surface area contributed by atoms with Crippen molar-refractivity contribution in [2.75, 3.05) is 24.3 Å². The third-order valence-corrected chi connectivity index (χ3v) is 3.18. The molecule has 2 rings (SSSR count). The number of ether oxygens (including phenoxy) is 1. The summed E-state index contributed by atoms with van der Waals surface area (Å²) in [5.74, 6) is 0.686. The lowest BCUT2D eigenvalue weighted by Gasteiger charge is -2.09. The molecule has 0 heterocycles. The first kappa shape index (κ1) is 14.9. The quantitative estimate of drug-likeness (QED) is 0.880. The average Bonchev–Trinajstić information content (AvgIpc) is 2.48. The van der Waals surface area contributed by atoms with Gasteiger partial charge in [0.25, 0.3) is 5.91 Å². The second kappa shape index (κ2) is 6.79. The first-order valence-electron chi connectivity index (χ1n) is 6.94. The Morgan fingerprint density at radius 3 is 2.33 bits per heavy atom. The Kier molecular flexibility index (Phi) is 4.82. The number of rotatable bonds is 5. The summed E-state index contributed by atoms with van der Waals surface area (Å²) < 4.78 is 5.21. The molecule has 0 spiro atoms. The summed E-state index contributed by atoms with van der Waals surface area (Å²) in [5.41, 5.74) is 3.38. The topological polar surface area (TPSA) is 50.4 Å². The van der Waals surface area contributed by atoms with Crippen molar-refractivity contribution in [1.29, 1.82) is 0 Å². The molecule has 0 unspecified atom stereocenters. The van der Waals surface area contributed by atoms with Gasteiger partial charge in [0.05, 0.1) is 7.11 Å². The summed E-state index contributed by atoms with van der Waals surface area (Å²) in [6.45, 7) is 4.84. The van der Waals surface area contributed by atoms with Gasteiger partial charge in [-0.15, -0.1) is 0 Å². The number of carbonyl (C=O) groups is 1. The van der Waals surface area contributed by atoms with E-state index in [0.717, 1.165) is 29.2 Å². The maximum absolute atomic E-state index is 12.2. The van der Waals surface area contributed by atoms with Gasteiger partial charge in [-0.05, 0) is 61.9 Å². The predicted octanol–water partition coefficient (Wildman–Crippen LogP) is 3.69. The Bertz CT molecular complexity index is 621. The second-order valence-electron chi connectivity index (χ2n) is 4.75. The highest BCUT2D eigenvalue weighted by atomic mass is 16.5. The highest BCUT2D eigenvalue weighted by Crippen LogP contribution is 2.22. The van der Waals surface area contributed by atoms with Crippen LogP contribution in [0.15, 0.2) is 42.5 Å². The van der Waals surface area contributed by atoms with Gasteiger partial charge >= 0.3 is 0 Å². The molecule has 0 aliphatic heterocycles. The molecule has 110 valence electrons. The fourth-order valence-electron chi connectivity index (χ4n) is 2.10. The lowest BCUT2D eigenvalue weighted by molar-refractivity contribution is 0.102. The normalized spacial score (nSPS) is 10.0. The lowest BCUT2D eigenvalue weighted by Crippen LogP contribution is -2.12. The Hall–Kier alpha value is -2.49. The molecule has 0 bridgehead atoms. The zero-order valence-corrected chi connectivity index (χ0v) is 12.6. The van der Waals surface area contributed by atoms with E-state index in [1.165, 1.54) is 0 Å². The summed E-state index contributed by atoms with van der Waals surface area (Å²) >= 11 is 0. The van der Waals surface area contributed by atoms with E-state index in [0.29, 0.717) is 5.56 Å². The number of methoxy groups -OCH3 is 1. The zero-order valence-electron chi connectivity index (χ0n) is 12.6. The van der Waals surface area contributed by atoms with Crippen molar-refractivity contribution in [3.05, 3.63) is 53.6 Å². The van der Waals surface area contributed by atoms with Crippen LogP contribution >= 0.6 is 0 Å². The number of hydrogen-bond acceptors (Lipinski definition) is 3. The third kappa shape index (κ3) is 3.75. The Balaban J connectivity index is 2.08. The van der Waals surface area contributed by atoms with Crippen molar-refractivity contribution in [1.82, 2.24) is 0 Å². The highest BCUT2D eigenvalue weighted by Gasteiger charge is 2.07. The van der Waals surface area contributed by atoms with Crippen LogP contribution in [0.25, 0.3) is 0 Å². The van der Waals surface area contributed by atoms with Crippen LogP contribution in [0.3, 0.4) is 0 Å². The molecule has 0 saturated heterocycles. The van der Waals surface area contributed by atoms with Crippen LogP contribution in [0.1, 0.15) is 22.8 Å². The second-order valence-corrected chi connectivity index (χ2v) is 4.75. The molecule has 0 fully saturated rings. The van der Waals surface area contributed by atoms with Gasteiger partial charge in [-0.2, -0.15) is 0 Å². The molecule has 0 aliphatic rings. The Morgan fingerprint density at radius 2 is 1.76 bits per heavy atom. The van der Waals surface area contributed by atoms with E-state index in [1.807, 2.05) is 56.3 Å². The molecule has 2 aromatic rings. The molecule has 0 saturated carbocycles. The molecular weight excluding hydrogens is 264 g/mol. The van der Waals surface area contributed by atoms with Crippen molar-refractivity contribution in [2.24, 2.45) is 0 Å². The maximum atomic E-state index is 12.2. The number of anilines is 2. The number of hydrogen-bond donors (Lipinski definition) is 2. The van der Waals surface area contributed by atoms with Gasteiger partial charge < -0.3 is 15.4 Å². The SMILES string of the molecule is CCNc1ccc(C(=O)Nc2ccc(OC)c(C)c2)cc1. The Labute approximate surface area is 125 Å². The molecule has 4 heteroatoms. The molecule has 1 amide bonds. The lowest BCUT2D eigenvalue weighted by atomic mass is 10.1. The molecule has 0 aliphatic carbocycles. The van der Waals surface area contributed by atoms with E-state index in [2.05, 4.69) is 10.6 Å². The van der Waals surface area contributed by atoms with E-state index in [4.69, 9.17) is 4.74 Å². The van der Waals surface area contributed by atoms with Crippen LogP contribution in [-0.2, 0) is 0 Å². The number of aryl methyl sites for hydroxylation is 1. The number of carbonyl (C=O) groups excluding carboxylic acids is 1. The summed E-state index contributed by atoms with van der Waals surface area (Å²) in [5, 5.41) is 6.08. The average molecular weight is 284 g/mol. The van der Waals surface area contributed by atoms with Crippen LogP contribution < -0.4 is 15.4 Å². The molecule has 4 nitrogen and oxygen atoms in total. The van der Waals surface area contributed by atoms with Crippen molar-refractivity contribution in [3.63, 3.8) is 0 Å². The molecule has 0 radical (unpaired) electrons. The van der Waals surface area contributed by atoms with E-state index >= 15 is 0 Å². The Morgan fingerprint density at radius 1 is 1.10 bits per heavy atom. The minimum absolute atomic E-state index is 0.123. The van der Waals surface area contributed by atoms with Crippen molar-refractivity contribution in [2.45, 2.75) is 13.8 Å². The van der Waals surface area contributed by atoms with E-state index in [1.54, 1.807) is 7.11 Å². The van der Waals surface area contributed by atoms with Crippen LogP contribution in [0.5, 0.6) is 5.75 Å².